The van der Waals surface area contributed by atoms with Crippen LogP contribution in [0.3, 0.4) is 0 Å². The van der Waals surface area contributed by atoms with Crippen LogP contribution in [0.4, 0.5) is 4.39 Å². The third kappa shape index (κ3) is 7.94. The zero-order chi connectivity index (χ0) is 20.3. The fraction of sp³-hybridized carbons (Fsp3) is 0.760. The molecule has 1 aromatic carbocycles. The van der Waals surface area contributed by atoms with Gasteiger partial charge in [-0.15, -0.1) is 0 Å². The number of rotatable bonds is 14. The molecule has 27 heavy (non-hydrogen) atoms. The summed E-state index contributed by atoms with van der Waals surface area (Å²) >= 11 is 0. The average Bonchev–Trinajstić information content (AvgIpc) is 2.62. The summed E-state index contributed by atoms with van der Waals surface area (Å²) in [6, 6.07) is 6.93. The van der Waals surface area contributed by atoms with Gasteiger partial charge >= 0.3 is 0 Å². The Labute approximate surface area is 167 Å². The first-order chi connectivity index (χ1) is 12.8. The zero-order valence-corrected chi connectivity index (χ0v) is 18.4. The normalized spacial score (nSPS) is 13.5. The van der Waals surface area contributed by atoms with E-state index in [1.807, 2.05) is 6.07 Å². The Hall–Kier alpha value is -0.890. The minimum absolute atomic E-state index is 0.156. The van der Waals surface area contributed by atoms with Crippen LogP contribution in [-0.2, 0) is 6.42 Å². The molecule has 1 N–H and O–H groups in total. The highest BCUT2D eigenvalue weighted by atomic mass is 19.1. The number of hydrogen-bond donors (Lipinski definition) is 1. The number of aliphatic hydroxyl groups is 1. The first kappa shape index (κ1) is 24.1. The third-order valence-electron chi connectivity index (χ3n) is 6.32. The predicted octanol–water partition coefficient (Wildman–Crippen LogP) is 7.56. The number of hydrogen-bond acceptors (Lipinski definition) is 1. The van der Waals surface area contributed by atoms with E-state index in [1.165, 1.54) is 44.6 Å². The maximum atomic E-state index is 13.4. The van der Waals surface area contributed by atoms with E-state index in [0.717, 1.165) is 31.2 Å². The molecule has 1 nitrogen and oxygen atoms in total. The second-order valence-electron chi connectivity index (χ2n) is 8.97. The molecule has 0 fully saturated rings. The van der Waals surface area contributed by atoms with Crippen molar-refractivity contribution in [2.45, 2.75) is 104 Å². The number of halogens is 1. The van der Waals surface area contributed by atoms with Crippen molar-refractivity contribution < 1.29 is 9.50 Å². The van der Waals surface area contributed by atoms with Gasteiger partial charge in [0.2, 0.25) is 0 Å². The van der Waals surface area contributed by atoms with E-state index in [4.69, 9.17) is 0 Å². The molecule has 0 heterocycles. The molecule has 0 aliphatic rings. The van der Waals surface area contributed by atoms with E-state index >= 15 is 0 Å². The Balaban J connectivity index is 2.65. The quantitative estimate of drug-likeness (QED) is 0.331. The van der Waals surface area contributed by atoms with Crippen LogP contribution in [0, 0.1) is 23.6 Å². The monoisotopic (exact) mass is 378 g/mol. The lowest BCUT2D eigenvalue weighted by Crippen LogP contribution is -2.47. The van der Waals surface area contributed by atoms with Crippen LogP contribution in [-0.4, -0.2) is 10.7 Å². The Bertz CT molecular complexity index is 501. The zero-order valence-electron chi connectivity index (χ0n) is 18.4. The van der Waals surface area contributed by atoms with E-state index in [9.17, 15) is 9.50 Å². The van der Waals surface area contributed by atoms with Crippen molar-refractivity contribution in [2.75, 3.05) is 0 Å². The fourth-order valence-corrected chi connectivity index (χ4v) is 4.63. The Morgan fingerprint density at radius 2 is 1.48 bits per heavy atom. The van der Waals surface area contributed by atoms with Gasteiger partial charge in [-0.3, -0.25) is 0 Å². The molecule has 0 bridgehead atoms. The Kier molecular flexibility index (Phi) is 11.2. The molecule has 0 radical (unpaired) electrons. The molecule has 1 unspecified atom stereocenters. The molecule has 0 spiro atoms. The molecular weight excluding hydrogens is 335 g/mol. The van der Waals surface area contributed by atoms with E-state index in [-0.39, 0.29) is 17.7 Å². The second kappa shape index (κ2) is 12.5. The van der Waals surface area contributed by atoms with Crippen molar-refractivity contribution in [3.05, 3.63) is 35.6 Å². The molecule has 1 aromatic rings. The second-order valence-corrected chi connectivity index (χ2v) is 8.97. The van der Waals surface area contributed by atoms with Gasteiger partial charge in [0, 0.05) is 0 Å². The smallest absolute Gasteiger partial charge is 0.123 e. The summed E-state index contributed by atoms with van der Waals surface area (Å²) < 4.78 is 13.4. The van der Waals surface area contributed by atoms with Crippen LogP contribution < -0.4 is 0 Å². The van der Waals surface area contributed by atoms with Gasteiger partial charge in [-0.2, -0.15) is 0 Å². The molecule has 0 aromatic heterocycles. The topological polar surface area (TPSA) is 20.2 Å². The molecule has 156 valence electrons. The Morgan fingerprint density at radius 3 is 2.07 bits per heavy atom. The highest BCUT2D eigenvalue weighted by Crippen LogP contribution is 2.39. The standard InChI is InChI=1S/C25H43FO/c1-6-7-8-9-10-11-16-23(25(27,20(2)3)21(4)5)17-12-14-22-15-13-18-24(26)19-22/h13,15,18-21,23,27H,6-12,14,16-17H2,1-5H3. The minimum atomic E-state index is -0.620. The van der Waals surface area contributed by atoms with Gasteiger partial charge in [-0.25, -0.2) is 4.39 Å². The molecule has 0 saturated heterocycles. The summed E-state index contributed by atoms with van der Waals surface area (Å²) in [5.41, 5.74) is 0.441. The maximum absolute atomic E-state index is 13.4. The van der Waals surface area contributed by atoms with Crippen LogP contribution in [0.1, 0.15) is 98.0 Å². The van der Waals surface area contributed by atoms with Crippen LogP contribution >= 0.6 is 0 Å². The molecule has 1 rings (SSSR count). The minimum Gasteiger partial charge on any atom is -0.389 e. The van der Waals surface area contributed by atoms with Crippen molar-refractivity contribution in [3.63, 3.8) is 0 Å². The van der Waals surface area contributed by atoms with Crippen LogP contribution in [0.15, 0.2) is 24.3 Å². The van der Waals surface area contributed by atoms with Crippen molar-refractivity contribution in [2.24, 2.45) is 17.8 Å². The van der Waals surface area contributed by atoms with Crippen molar-refractivity contribution in [3.8, 4) is 0 Å². The van der Waals surface area contributed by atoms with Crippen molar-refractivity contribution >= 4 is 0 Å². The highest BCUT2D eigenvalue weighted by Gasteiger charge is 2.41. The van der Waals surface area contributed by atoms with Crippen molar-refractivity contribution in [1.29, 1.82) is 0 Å². The first-order valence-corrected chi connectivity index (χ1v) is 11.3. The first-order valence-electron chi connectivity index (χ1n) is 11.3. The molecule has 1 atom stereocenters. The predicted molar refractivity (Wildman–Crippen MR) is 115 cm³/mol. The SMILES string of the molecule is CCCCCCCCC(CCCc1cccc(F)c1)C(O)(C(C)C)C(C)C. The summed E-state index contributed by atoms with van der Waals surface area (Å²) in [5, 5.41) is 11.5. The summed E-state index contributed by atoms with van der Waals surface area (Å²) in [6.07, 6.45) is 11.7. The van der Waals surface area contributed by atoms with Crippen molar-refractivity contribution in [1.82, 2.24) is 0 Å². The number of aryl methyl sites for hydroxylation is 1. The lowest BCUT2D eigenvalue weighted by molar-refractivity contribution is -0.102. The third-order valence-corrected chi connectivity index (χ3v) is 6.32. The van der Waals surface area contributed by atoms with Gasteiger partial charge in [-0.1, -0.05) is 85.3 Å². The molecule has 0 aliphatic carbocycles. The number of benzene rings is 1. The van der Waals surface area contributed by atoms with E-state index in [0.29, 0.717) is 5.92 Å². The van der Waals surface area contributed by atoms with E-state index in [1.54, 1.807) is 12.1 Å². The fourth-order valence-electron chi connectivity index (χ4n) is 4.63. The van der Waals surface area contributed by atoms with Gasteiger partial charge in [0.25, 0.3) is 0 Å². The number of unbranched alkanes of at least 4 members (excludes halogenated alkanes) is 5. The summed E-state index contributed by atoms with van der Waals surface area (Å²) in [6.45, 7) is 10.9. The average molecular weight is 379 g/mol. The molecule has 0 aliphatic heterocycles. The molecular formula is C25H43FO. The summed E-state index contributed by atoms with van der Waals surface area (Å²) in [7, 11) is 0. The highest BCUT2D eigenvalue weighted by molar-refractivity contribution is 5.16. The van der Waals surface area contributed by atoms with Crippen LogP contribution in [0.2, 0.25) is 0 Å². The van der Waals surface area contributed by atoms with Gasteiger partial charge in [0.15, 0.2) is 0 Å². The Morgan fingerprint density at radius 1 is 0.889 bits per heavy atom. The van der Waals surface area contributed by atoms with E-state index < -0.39 is 5.60 Å². The summed E-state index contributed by atoms with van der Waals surface area (Å²) in [5.74, 6) is 0.655. The van der Waals surface area contributed by atoms with Gasteiger partial charge in [-0.05, 0) is 61.1 Å². The van der Waals surface area contributed by atoms with Crippen LogP contribution in [0.5, 0.6) is 0 Å². The largest absolute Gasteiger partial charge is 0.389 e. The van der Waals surface area contributed by atoms with Crippen LogP contribution in [0.25, 0.3) is 0 Å². The van der Waals surface area contributed by atoms with Gasteiger partial charge < -0.3 is 5.11 Å². The van der Waals surface area contributed by atoms with Gasteiger partial charge in [0.1, 0.15) is 5.82 Å². The lowest BCUT2D eigenvalue weighted by atomic mass is 9.68. The maximum Gasteiger partial charge on any atom is 0.123 e. The molecule has 0 saturated carbocycles. The summed E-state index contributed by atoms with van der Waals surface area (Å²) in [4.78, 5) is 0. The lowest BCUT2D eigenvalue weighted by Gasteiger charge is -2.43. The molecule has 2 heteroatoms. The molecule has 0 amide bonds. The van der Waals surface area contributed by atoms with E-state index in [2.05, 4.69) is 34.6 Å². The van der Waals surface area contributed by atoms with Gasteiger partial charge in [0.05, 0.1) is 5.60 Å².